The van der Waals surface area contributed by atoms with Crippen LogP contribution in [-0.2, 0) is 26.0 Å². The van der Waals surface area contributed by atoms with Crippen LogP contribution in [0.15, 0.2) is 47.4 Å². The summed E-state index contributed by atoms with van der Waals surface area (Å²) >= 11 is 0. The fourth-order valence-corrected chi connectivity index (χ4v) is 4.78. The van der Waals surface area contributed by atoms with Gasteiger partial charge in [0.15, 0.2) is 0 Å². The van der Waals surface area contributed by atoms with Crippen LogP contribution >= 0.6 is 0 Å². The van der Waals surface area contributed by atoms with Gasteiger partial charge in [-0.15, -0.1) is 0 Å². The molecule has 2 aromatic rings. The predicted octanol–water partition coefficient (Wildman–Crippen LogP) is 1.58. The number of carbonyl (C=O) groups is 2. The maximum atomic E-state index is 12.6. The molecule has 1 N–H and O–H groups in total. The van der Waals surface area contributed by atoms with Crippen LogP contribution in [0.1, 0.15) is 11.1 Å². The van der Waals surface area contributed by atoms with Crippen molar-refractivity contribution in [3.05, 3.63) is 53.6 Å². The lowest BCUT2D eigenvalue weighted by atomic mass is 10.1. The van der Waals surface area contributed by atoms with Crippen molar-refractivity contribution in [1.82, 2.24) is 14.1 Å². The lowest BCUT2D eigenvalue weighted by molar-refractivity contribution is -0.132. The molecule has 0 aliphatic carbocycles. The first kappa shape index (κ1) is 25.7. The SMILES string of the molecule is COc1ccc(NC(=O)CN2CCN(C(=O)Cc3ccc(C)cc3)CC2)cc1S(=O)(=O)N(C)C. The van der Waals surface area contributed by atoms with Crippen LogP contribution in [0.3, 0.4) is 0 Å². The van der Waals surface area contributed by atoms with Crippen molar-refractivity contribution in [3.8, 4) is 5.75 Å². The molecule has 0 saturated carbocycles. The van der Waals surface area contributed by atoms with E-state index in [1.165, 1.54) is 33.3 Å². The number of sulfonamides is 1. The number of ether oxygens (including phenoxy) is 1. The normalized spacial score (nSPS) is 14.8. The third-order valence-corrected chi connectivity index (χ3v) is 7.61. The molecule has 184 valence electrons. The summed E-state index contributed by atoms with van der Waals surface area (Å²) < 4.78 is 31.4. The summed E-state index contributed by atoms with van der Waals surface area (Å²) in [6, 6.07) is 12.5. The second-order valence-corrected chi connectivity index (χ2v) is 10.6. The molecule has 0 atom stereocenters. The van der Waals surface area contributed by atoms with Gasteiger partial charge in [0.05, 0.1) is 20.1 Å². The van der Waals surface area contributed by atoms with Crippen LogP contribution in [0.4, 0.5) is 5.69 Å². The quantitative estimate of drug-likeness (QED) is 0.606. The van der Waals surface area contributed by atoms with Gasteiger partial charge in [-0.25, -0.2) is 12.7 Å². The topological polar surface area (TPSA) is 99.3 Å². The van der Waals surface area contributed by atoms with Crippen molar-refractivity contribution < 1.29 is 22.7 Å². The molecule has 0 aromatic heterocycles. The molecular formula is C24H32N4O5S. The van der Waals surface area contributed by atoms with E-state index < -0.39 is 10.0 Å². The van der Waals surface area contributed by atoms with Crippen molar-refractivity contribution in [2.24, 2.45) is 0 Å². The molecular weight excluding hydrogens is 456 g/mol. The number of nitrogens with one attached hydrogen (secondary N) is 1. The van der Waals surface area contributed by atoms with Crippen molar-refractivity contribution in [3.63, 3.8) is 0 Å². The van der Waals surface area contributed by atoms with Crippen LogP contribution < -0.4 is 10.1 Å². The molecule has 10 heteroatoms. The zero-order valence-corrected chi connectivity index (χ0v) is 20.9. The number of methoxy groups -OCH3 is 1. The van der Waals surface area contributed by atoms with E-state index in [1.54, 1.807) is 6.07 Å². The van der Waals surface area contributed by atoms with Crippen LogP contribution in [0.2, 0.25) is 0 Å². The minimum Gasteiger partial charge on any atom is -0.495 e. The molecule has 1 heterocycles. The Kier molecular flexibility index (Phi) is 8.29. The molecule has 9 nitrogen and oxygen atoms in total. The lowest BCUT2D eigenvalue weighted by Gasteiger charge is -2.34. The maximum Gasteiger partial charge on any atom is 0.246 e. The molecule has 2 aromatic carbocycles. The van der Waals surface area contributed by atoms with E-state index in [2.05, 4.69) is 5.32 Å². The van der Waals surface area contributed by atoms with Gasteiger partial charge >= 0.3 is 0 Å². The van der Waals surface area contributed by atoms with Gasteiger partial charge in [0, 0.05) is 46.0 Å². The van der Waals surface area contributed by atoms with Crippen LogP contribution in [0, 0.1) is 6.92 Å². The van der Waals surface area contributed by atoms with Crippen LogP contribution in [0.5, 0.6) is 5.75 Å². The maximum absolute atomic E-state index is 12.6. The van der Waals surface area contributed by atoms with Gasteiger partial charge in [-0.05, 0) is 30.7 Å². The Morgan fingerprint density at radius 2 is 1.68 bits per heavy atom. The van der Waals surface area contributed by atoms with Crippen LogP contribution in [-0.4, -0.2) is 88.3 Å². The van der Waals surface area contributed by atoms with Crippen LogP contribution in [0.25, 0.3) is 0 Å². The van der Waals surface area contributed by atoms with Gasteiger partial charge < -0.3 is 15.0 Å². The summed E-state index contributed by atoms with van der Waals surface area (Å²) in [6.07, 6.45) is 0.371. The first-order valence-corrected chi connectivity index (χ1v) is 12.5. The standard InChI is InChI=1S/C24H32N4O5S/c1-18-5-7-19(8-6-18)15-24(30)28-13-11-27(12-14-28)17-23(29)25-20-9-10-21(33-4)22(16-20)34(31,32)26(2)3/h5-10,16H,11-15,17H2,1-4H3,(H,25,29). The number of carbonyl (C=O) groups excluding carboxylic acids is 2. The van der Waals surface area contributed by atoms with Gasteiger partial charge in [0.2, 0.25) is 21.8 Å². The minimum absolute atomic E-state index is 0.0153. The van der Waals surface area contributed by atoms with Gasteiger partial charge in [-0.3, -0.25) is 14.5 Å². The number of aryl methyl sites for hydroxylation is 1. The first-order valence-electron chi connectivity index (χ1n) is 11.1. The highest BCUT2D eigenvalue weighted by Gasteiger charge is 2.25. The number of piperazine rings is 1. The number of amides is 2. The highest BCUT2D eigenvalue weighted by atomic mass is 32.2. The van der Waals surface area contributed by atoms with E-state index in [4.69, 9.17) is 4.74 Å². The Labute approximate surface area is 201 Å². The number of hydrogen-bond acceptors (Lipinski definition) is 6. The zero-order valence-electron chi connectivity index (χ0n) is 20.1. The number of anilines is 1. The fourth-order valence-electron chi connectivity index (χ4n) is 3.70. The average Bonchev–Trinajstić information content (AvgIpc) is 2.80. The van der Waals surface area contributed by atoms with E-state index in [0.717, 1.165) is 15.4 Å². The molecule has 0 bridgehead atoms. The number of rotatable bonds is 8. The molecule has 2 amide bonds. The smallest absolute Gasteiger partial charge is 0.246 e. The summed E-state index contributed by atoms with van der Waals surface area (Å²) in [5.74, 6) is 0.0387. The van der Waals surface area contributed by atoms with E-state index in [0.29, 0.717) is 38.3 Å². The third kappa shape index (κ3) is 6.34. The predicted molar refractivity (Wildman–Crippen MR) is 130 cm³/mol. The second-order valence-electron chi connectivity index (χ2n) is 8.52. The van der Waals surface area contributed by atoms with E-state index >= 15 is 0 Å². The van der Waals surface area contributed by atoms with Gasteiger partial charge in [-0.1, -0.05) is 29.8 Å². The number of hydrogen-bond donors (Lipinski definition) is 1. The number of nitrogens with zero attached hydrogens (tertiary/aromatic N) is 3. The van der Waals surface area contributed by atoms with Crippen molar-refractivity contribution >= 4 is 27.5 Å². The molecule has 0 unspecified atom stereocenters. The monoisotopic (exact) mass is 488 g/mol. The van der Waals surface area contributed by atoms with Crippen molar-refractivity contribution in [1.29, 1.82) is 0 Å². The Bertz CT molecular complexity index is 1120. The fraction of sp³-hybridized carbons (Fsp3) is 0.417. The summed E-state index contributed by atoms with van der Waals surface area (Å²) in [5, 5.41) is 2.76. The van der Waals surface area contributed by atoms with E-state index in [-0.39, 0.29) is 29.0 Å². The summed E-state index contributed by atoms with van der Waals surface area (Å²) in [7, 11) is 0.533. The number of benzene rings is 2. The lowest BCUT2D eigenvalue weighted by Crippen LogP contribution is -2.50. The van der Waals surface area contributed by atoms with Crippen molar-refractivity contribution in [2.45, 2.75) is 18.2 Å². The second kappa shape index (κ2) is 11.0. The third-order valence-electron chi connectivity index (χ3n) is 5.77. The Morgan fingerprint density at radius 1 is 1.03 bits per heavy atom. The average molecular weight is 489 g/mol. The molecule has 0 spiro atoms. The van der Waals surface area contributed by atoms with Crippen molar-refractivity contribution in [2.75, 3.05) is 59.2 Å². The Balaban J connectivity index is 1.53. The summed E-state index contributed by atoms with van der Waals surface area (Å²) in [4.78, 5) is 29.0. The minimum atomic E-state index is -3.74. The highest BCUT2D eigenvalue weighted by Crippen LogP contribution is 2.28. The highest BCUT2D eigenvalue weighted by molar-refractivity contribution is 7.89. The van der Waals surface area contributed by atoms with Gasteiger partial charge in [-0.2, -0.15) is 0 Å². The van der Waals surface area contributed by atoms with E-state index in [9.17, 15) is 18.0 Å². The first-order chi connectivity index (χ1) is 16.1. The Hall–Kier alpha value is -2.95. The largest absolute Gasteiger partial charge is 0.495 e. The molecule has 1 aliphatic rings. The molecule has 1 aliphatic heterocycles. The molecule has 1 saturated heterocycles. The summed E-state index contributed by atoms with van der Waals surface area (Å²) in [6.45, 7) is 4.48. The molecule has 3 rings (SSSR count). The molecule has 1 fully saturated rings. The zero-order chi connectivity index (χ0) is 24.9. The van der Waals surface area contributed by atoms with E-state index in [1.807, 2.05) is 41.0 Å². The summed E-state index contributed by atoms with van der Waals surface area (Å²) in [5.41, 5.74) is 2.53. The Morgan fingerprint density at radius 3 is 2.26 bits per heavy atom. The molecule has 34 heavy (non-hydrogen) atoms. The van der Waals surface area contributed by atoms with Gasteiger partial charge in [0.1, 0.15) is 10.6 Å². The van der Waals surface area contributed by atoms with Gasteiger partial charge in [0.25, 0.3) is 0 Å². The molecule has 0 radical (unpaired) electrons.